The summed E-state index contributed by atoms with van der Waals surface area (Å²) in [5.41, 5.74) is -2.99. The number of phenolic OH excluding ortho intramolecular Hbond substituents is 1. The molecule has 4 atom stereocenters. The molecule has 12 nitrogen and oxygen atoms in total. The van der Waals surface area contributed by atoms with E-state index >= 15 is 0 Å². The number of aromatic hydroxyl groups is 1. The molecule has 1 aromatic rings. The van der Waals surface area contributed by atoms with Gasteiger partial charge < -0.3 is 26.2 Å². The fourth-order valence-corrected chi connectivity index (χ4v) is 5.75. The van der Waals surface area contributed by atoms with E-state index in [4.69, 9.17) is 5.73 Å². The highest BCUT2D eigenvalue weighted by Crippen LogP contribution is 2.53. The number of allylic oxidation sites excluding steroid dienone is 1. The van der Waals surface area contributed by atoms with Crippen LogP contribution in [0.3, 0.4) is 0 Å². The van der Waals surface area contributed by atoms with Gasteiger partial charge in [-0.3, -0.25) is 19.3 Å². The molecule has 0 spiro atoms. The van der Waals surface area contributed by atoms with Crippen molar-refractivity contribution in [1.82, 2.24) is 4.90 Å². The van der Waals surface area contributed by atoms with Crippen molar-refractivity contribution in [3.63, 3.8) is 0 Å². The lowest BCUT2D eigenvalue weighted by atomic mass is 9.58. The number of rotatable bonds is 4. The molecule has 4 rings (SSSR count). The van der Waals surface area contributed by atoms with Gasteiger partial charge in [0.1, 0.15) is 17.1 Å². The largest absolute Gasteiger partial charge is 0.510 e. The fourth-order valence-electron chi connectivity index (χ4n) is 5.75. The third-order valence-electron chi connectivity index (χ3n) is 7.31. The molecule has 15 heteroatoms. The molecule has 0 aromatic heterocycles. The van der Waals surface area contributed by atoms with Crippen molar-refractivity contribution in [2.24, 2.45) is 17.6 Å². The summed E-state index contributed by atoms with van der Waals surface area (Å²) in [7, 11) is 2.83. The maximum atomic E-state index is 14.5. The van der Waals surface area contributed by atoms with Gasteiger partial charge in [0.2, 0.25) is 11.5 Å². The van der Waals surface area contributed by atoms with Crippen molar-refractivity contribution in [3.05, 3.63) is 56.4 Å². The molecule has 202 valence electrons. The molecule has 0 saturated carbocycles. The molecule has 38 heavy (non-hydrogen) atoms. The average molecular weight is 540 g/mol. The van der Waals surface area contributed by atoms with E-state index in [9.17, 15) is 58.1 Å². The van der Waals surface area contributed by atoms with Crippen LogP contribution in [0.25, 0.3) is 5.83 Å². The summed E-state index contributed by atoms with van der Waals surface area (Å²) in [6.07, 6.45) is -3.71. The Labute approximate surface area is 210 Å². The van der Waals surface area contributed by atoms with Crippen LogP contribution in [0, 0.1) is 16.7 Å². The molecule has 3 aliphatic carbocycles. The van der Waals surface area contributed by atoms with Crippen LogP contribution < -0.4 is 5.73 Å². The van der Waals surface area contributed by atoms with Crippen molar-refractivity contribution in [2.75, 3.05) is 14.1 Å². The Morgan fingerprint density at radius 3 is 2.29 bits per heavy atom. The Kier molecular flexibility index (Phi) is 6.11. The molecular formula is C23H21F3N3O9+. The minimum Gasteiger partial charge on any atom is -0.510 e. The van der Waals surface area contributed by atoms with Crippen molar-refractivity contribution in [2.45, 2.75) is 24.5 Å². The standard InChI is InChI=1S/C23H20F3N3O9/c1-28(2)15-9-4-6-3-7-8(14(24)21(25)26)5-10(29(37)38)16(30)12(7)17(31)11(6)19(33)23(9,36)20(34)13(18(15)32)22(27)35/h5-6,9,15,36H,3-4H2,1-2H3,(H5-,27,30,31,32,33,34,35,37,38)/p+1/t6-,9-,15-,23-/m0/s1. The van der Waals surface area contributed by atoms with Crippen LogP contribution >= 0.6 is 0 Å². The van der Waals surface area contributed by atoms with Crippen LogP contribution in [0.15, 0.2) is 34.8 Å². The number of aliphatic hydroxyl groups excluding tert-OH is 2. The number of nitrogens with zero attached hydrogens (tertiary/aromatic N) is 2. The number of benzene rings is 1. The van der Waals surface area contributed by atoms with Crippen molar-refractivity contribution >= 4 is 29.0 Å². The van der Waals surface area contributed by atoms with Crippen LogP contribution in [0.4, 0.5) is 18.9 Å². The van der Waals surface area contributed by atoms with Gasteiger partial charge in [-0.25, -0.2) is 9.60 Å². The minimum atomic E-state index is -2.96. The summed E-state index contributed by atoms with van der Waals surface area (Å²) in [5, 5.41) is 53.2. The number of Topliss-reactive ketones (excluding diaryl/α,β-unsaturated/α-hetero) is 2. The first-order chi connectivity index (χ1) is 17.6. The molecule has 0 heterocycles. The van der Waals surface area contributed by atoms with Gasteiger partial charge >= 0.3 is 11.8 Å². The highest BCUT2D eigenvalue weighted by Gasteiger charge is 2.63. The highest BCUT2D eigenvalue weighted by atomic mass is 19.3. The van der Waals surface area contributed by atoms with E-state index < -0.39 is 115 Å². The number of phenols is 1. The van der Waals surface area contributed by atoms with Gasteiger partial charge in [-0.15, -0.1) is 0 Å². The second kappa shape index (κ2) is 8.66. The Morgan fingerprint density at radius 1 is 1.18 bits per heavy atom. The number of amides is 1. The Hall–Kier alpha value is -4.24. The molecule has 3 aliphatic rings. The van der Waals surface area contributed by atoms with Crippen molar-refractivity contribution in [1.29, 1.82) is 0 Å². The lowest BCUT2D eigenvalue weighted by Gasteiger charge is -2.50. The molecule has 0 unspecified atom stereocenters. The van der Waals surface area contributed by atoms with E-state index in [0.29, 0.717) is 6.07 Å². The second-order valence-corrected chi connectivity index (χ2v) is 9.46. The normalized spacial score (nSPS) is 26.7. The molecule has 7 N–H and O–H groups in total. The smallest absolute Gasteiger partial charge is 0.359 e. The molecule has 0 fully saturated rings. The first-order valence-electron chi connectivity index (χ1n) is 11.0. The second-order valence-electron chi connectivity index (χ2n) is 9.46. The minimum absolute atomic E-state index is 0.370. The Balaban J connectivity index is 2.04. The number of likely N-dealkylation sites (N-methyl/N-ethyl adjacent to an activating group) is 1. The van der Waals surface area contributed by atoms with E-state index in [1.54, 1.807) is 0 Å². The van der Waals surface area contributed by atoms with Gasteiger partial charge in [-0.05, 0) is 38.4 Å². The lowest BCUT2D eigenvalue weighted by molar-refractivity contribution is -0.730. The fraction of sp³-hybridized carbons (Fsp3) is 0.348. The molecule has 1 aromatic carbocycles. The van der Waals surface area contributed by atoms with Gasteiger partial charge in [-0.1, -0.05) is 0 Å². The molecule has 0 radical (unpaired) electrons. The third-order valence-corrected chi connectivity index (χ3v) is 7.31. The van der Waals surface area contributed by atoms with E-state index in [1.807, 2.05) is 0 Å². The van der Waals surface area contributed by atoms with Crippen LogP contribution in [-0.4, -0.2) is 78.7 Å². The molecule has 1 amide bonds. The number of aliphatic hydroxyl groups is 3. The first-order valence-corrected chi connectivity index (χ1v) is 11.0. The summed E-state index contributed by atoms with van der Waals surface area (Å²) in [5.74, 6) is -12.3. The van der Waals surface area contributed by atoms with E-state index in [0.717, 1.165) is 0 Å². The molecule has 0 saturated heterocycles. The third kappa shape index (κ3) is 3.42. The number of halogens is 3. The van der Waals surface area contributed by atoms with Crippen molar-refractivity contribution in [3.8, 4) is 5.75 Å². The van der Waals surface area contributed by atoms with E-state index in [1.165, 1.54) is 19.0 Å². The Morgan fingerprint density at radius 2 is 1.79 bits per heavy atom. The average Bonchev–Trinajstić information content (AvgIpc) is 2.80. The zero-order valence-electron chi connectivity index (χ0n) is 19.7. The maximum Gasteiger partial charge on any atom is 0.359 e. The van der Waals surface area contributed by atoms with Gasteiger partial charge in [0.15, 0.2) is 17.2 Å². The highest BCUT2D eigenvalue weighted by molar-refractivity contribution is 6.25. The van der Waals surface area contributed by atoms with Crippen LogP contribution in [-0.2, 0) is 16.0 Å². The summed E-state index contributed by atoms with van der Waals surface area (Å²) in [6.45, 7) is 0. The first kappa shape index (κ1) is 26.8. The predicted molar refractivity (Wildman–Crippen MR) is 119 cm³/mol. The van der Waals surface area contributed by atoms with Gasteiger partial charge in [0.25, 0.3) is 10.8 Å². The molecule has 0 bridgehead atoms. The quantitative estimate of drug-likeness (QED) is 0.240. The van der Waals surface area contributed by atoms with Gasteiger partial charge in [-0.2, -0.15) is 8.78 Å². The number of ketones is 2. The van der Waals surface area contributed by atoms with E-state index in [-0.39, 0.29) is 6.42 Å². The number of hydrogen-bond acceptors (Lipinski definition) is 9. The Bertz CT molecular complexity index is 1440. The van der Waals surface area contributed by atoms with E-state index in [2.05, 4.69) is 0 Å². The topological polar surface area (TPSA) is 202 Å². The number of carbonyl (C=O) groups excluding carboxylic acids is 3. The van der Waals surface area contributed by atoms with Crippen molar-refractivity contribution < 1.29 is 58.1 Å². The van der Waals surface area contributed by atoms with Crippen LogP contribution in [0.1, 0.15) is 27.9 Å². The molecular weight excluding hydrogens is 519 g/mol. The van der Waals surface area contributed by atoms with Crippen LogP contribution in [0.2, 0.25) is 0 Å². The lowest BCUT2D eigenvalue weighted by Crippen LogP contribution is -2.63. The van der Waals surface area contributed by atoms with Crippen LogP contribution in [0.5, 0.6) is 5.75 Å². The van der Waals surface area contributed by atoms with Gasteiger partial charge in [0, 0.05) is 23.1 Å². The zero-order valence-corrected chi connectivity index (χ0v) is 19.7. The molecule has 0 aliphatic heterocycles. The zero-order chi connectivity index (χ0) is 28.6. The number of primary amides is 1. The number of fused-ring (bicyclic) bond motifs is 3. The summed E-state index contributed by atoms with van der Waals surface area (Å²) < 4.78 is 40.9. The monoisotopic (exact) mass is 540 g/mol. The maximum absolute atomic E-state index is 14.5. The number of hydrogen-bond donors (Lipinski definition) is 6. The SMILES string of the molecule is CN(C)[C@@H]1C(O)=C(C(N)=O)C(=O)[C@@]2(O)C(O)=C3C(=O)c4c(O)c([N+](=O)O)cc(C(F)=C(F)F)c4C[C@H]3C[C@@H]12. The summed E-state index contributed by atoms with van der Waals surface area (Å²) >= 11 is 0. The van der Waals surface area contributed by atoms with Gasteiger partial charge in [0.05, 0.1) is 16.5 Å². The summed E-state index contributed by atoms with van der Waals surface area (Å²) in [4.78, 5) is 50.5. The summed E-state index contributed by atoms with van der Waals surface area (Å²) in [6, 6.07) is -0.879. The predicted octanol–water partition coefficient (Wildman–Crippen LogP) is 1.45. The number of carbonyl (C=O) groups is 3. The number of nitrogens with two attached hydrogens (primary N) is 1.